The Labute approximate surface area is 112 Å². The highest BCUT2D eigenvalue weighted by Crippen LogP contribution is 2.13. The van der Waals surface area contributed by atoms with Gasteiger partial charge in [0, 0.05) is 6.04 Å². The molecule has 96 valence electrons. The van der Waals surface area contributed by atoms with Crippen molar-refractivity contribution in [1.29, 1.82) is 0 Å². The highest BCUT2D eigenvalue weighted by Gasteiger charge is 2.08. The molecule has 0 amide bonds. The van der Waals surface area contributed by atoms with Gasteiger partial charge in [-0.05, 0) is 66.4 Å². The van der Waals surface area contributed by atoms with Crippen molar-refractivity contribution in [2.24, 2.45) is 0 Å². The maximum atomic E-state index is 13.1. The normalized spacial score (nSPS) is 12.6. The monoisotopic (exact) mass is 263 g/mol. The Bertz CT molecular complexity index is 467. The van der Waals surface area contributed by atoms with Gasteiger partial charge >= 0.3 is 0 Å². The van der Waals surface area contributed by atoms with Gasteiger partial charge in [-0.1, -0.05) is 12.1 Å². The van der Waals surface area contributed by atoms with Gasteiger partial charge in [-0.2, -0.15) is 11.3 Å². The van der Waals surface area contributed by atoms with Crippen molar-refractivity contribution in [2.75, 3.05) is 7.05 Å². The second kappa shape index (κ2) is 6.66. The van der Waals surface area contributed by atoms with E-state index in [2.05, 4.69) is 22.1 Å². The third-order valence-corrected chi connectivity index (χ3v) is 3.87. The molecule has 0 saturated heterocycles. The van der Waals surface area contributed by atoms with Crippen molar-refractivity contribution in [3.05, 3.63) is 58.0 Å². The van der Waals surface area contributed by atoms with Crippen molar-refractivity contribution in [3.63, 3.8) is 0 Å². The van der Waals surface area contributed by atoms with Gasteiger partial charge in [0.05, 0.1) is 0 Å². The predicted molar refractivity (Wildman–Crippen MR) is 75.6 cm³/mol. The molecule has 0 aliphatic carbocycles. The highest BCUT2D eigenvalue weighted by atomic mass is 32.1. The van der Waals surface area contributed by atoms with Crippen LogP contribution in [0.3, 0.4) is 0 Å². The lowest BCUT2D eigenvalue weighted by molar-refractivity contribution is 0.518. The SMILES string of the molecule is CNC(CCc1ccsc1)Cc1cccc(F)c1. The summed E-state index contributed by atoms with van der Waals surface area (Å²) in [5, 5.41) is 7.61. The topological polar surface area (TPSA) is 12.0 Å². The molecule has 0 saturated carbocycles. The first-order valence-electron chi connectivity index (χ1n) is 6.20. The second-order valence-corrected chi connectivity index (χ2v) is 5.27. The van der Waals surface area contributed by atoms with E-state index in [1.807, 2.05) is 13.1 Å². The van der Waals surface area contributed by atoms with E-state index in [1.165, 1.54) is 11.6 Å². The number of thiophene rings is 1. The zero-order chi connectivity index (χ0) is 12.8. The van der Waals surface area contributed by atoms with Crippen LogP contribution in [0.5, 0.6) is 0 Å². The van der Waals surface area contributed by atoms with Crippen LogP contribution in [0.25, 0.3) is 0 Å². The number of rotatable bonds is 6. The van der Waals surface area contributed by atoms with Crippen LogP contribution in [0.15, 0.2) is 41.1 Å². The van der Waals surface area contributed by atoms with Gasteiger partial charge in [-0.3, -0.25) is 0 Å². The summed E-state index contributed by atoms with van der Waals surface area (Å²) >= 11 is 1.73. The number of halogens is 1. The first kappa shape index (κ1) is 13.2. The molecule has 1 atom stereocenters. The van der Waals surface area contributed by atoms with E-state index in [4.69, 9.17) is 0 Å². The molecule has 0 radical (unpaired) electrons. The highest BCUT2D eigenvalue weighted by molar-refractivity contribution is 7.07. The van der Waals surface area contributed by atoms with Crippen LogP contribution in [0.2, 0.25) is 0 Å². The number of aryl methyl sites for hydroxylation is 1. The lowest BCUT2D eigenvalue weighted by atomic mass is 10.0. The van der Waals surface area contributed by atoms with Crippen molar-refractivity contribution in [3.8, 4) is 0 Å². The fraction of sp³-hybridized carbons (Fsp3) is 0.333. The molecule has 18 heavy (non-hydrogen) atoms. The molecule has 0 aliphatic heterocycles. The van der Waals surface area contributed by atoms with Gasteiger partial charge in [0.15, 0.2) is 0 Å². The largest absolute Gasteiger partial charge is 0.317 e. The minimum absolute atomic E-state index is 0.153. The molecule has 1 unspecified atom stereocenters. The molecular formula is C15H18FNS. The van der Waals surface area contributed by atoms with Gasteiger partial charge in [0.2, 0.25) is 0 Å². The standard InChI is InChI=1S/C15H18FNS/c1-17-15(6-5-12-7-8-18-11-12)10-13-3-2-4-14(16)9-13/h2-4,7-9,11,15,17H,5-6,10H2,1H3. The third-order valence-electron chi connectivity index (χ3n) is 3.14. The molecule has 2 aromatic rings. The predicted octanol–water partition coefficient (Wildman–Crippen LogP) is 3.65. The third kappa shape index (κ3) is 3.93. The molecular weight excluding hydrogens is 245 g/mol. The van der Waals surface area contributed by atoms with E-state index in [9.17, 15) is 4.39 Å². The number of nitrogens with one attached hydrogen (secondary N) is 1. The summed E-state index contributed by atoms with van der Waals surface area (Å²) in [5.41, 5.74) is 2.44. The van der Waals surface area contributed by atoms with E-state index < -0.39 is 0 Å². The molecule has 3 heteroatoms. The quantitative estimate of drug-likeness (QED) is 0.839. The van der Waals surface area contributed by atoms with Crippen LogP contribution < -0.4 is 5.32 Å². The Morgan fingerprint density at radius 3 is 2.83 bits per heavy atom. The Hall–Kier alpha value is -1.19. The fourth-order valence-corrected chi connectivity index (χ4v) is 2.78. The maximum Gasteiger partial charge on any atom is 0.123 e. The summed E-state index contributed by atoms with van der Waals surface area (Å²) < 4.78 is 13.1. The van der Waals surface area contributed by atoms with Gasteiger partial charge in [-0.15, -0.1) is 0 Å². The molecule has 1 aromatic heterocycles. The lowest BCUT2D eigenvalue weighted by Gasteiger charge is -2.15. The number of benzene rings is 1. The molecule has 1 heterocycles. The smallest absolute Gasteiger partial charge is 0.123 e. The fourth-order valence-electron chi connectivity index (χ4n) is 2.07. The second-order valence-electron chi connectivity index (χ2n) is 4.49. The maximum absolute atomic E-state index is 13.1. The zero-order valence-electron chi connectivity index (χ0n) is 10.5. The average molecular weight is 263 g/mol. The van der Waals surface area contributed by atoms with Gasteiger partial charge in [0.25, 0.3) is 0 Å². The minimum atomic E-state index is -0.153. The Morgan fingerprint density at radius 2 is 2.17 bits per heavy atom. The van der Waals surface area contributed by atoms with Crippen molar-refractivity contribution in [2.45, 2.75) is 25.3 Å². The first-order valence-corrected chi connectivity index (χ1v) is 7.15. The van der Waals surface area contributed by atoms with Crippen molar-refractivity contribution >= 4 is 11.3 Å². The first-order chi connectivity index (χ1) is 8.78. The van der Waals surface area contributed by atoms with Crippen molar-refractivity contribution < 1.29 is 4.39 Å². The van der Waals surface area contributed by atoms with E-state index in [0.717, 1.165) is 24.8 Å². The summed E-state index contributed by atoms with van der Waals surface area (Å²) in [4.78, 5) is 0. The van der Waals surface area contributed by atoms with E-state index >= 15 is 0 Å². The Kier molecular flexibility index (Phi) is 4.90. The summed E-state index contributed by atoms with van der Waals surface area (Å²) in [6.07, 6.45) is 3.02. The average Bonchev–Trinajstić information content (AvgIpc) is 2.87. The number of hydrogen-bond donors (Lipinski definition) is 1. The molecule has 0 spiro atoms. The van der Waals surface area contributed by atoms with E-state index in [1.54, 1.807) is 23.5 Å². The number of likely N-dealkylation sites (N-methyl/N-ethyl adjacent to an activating group) is 1. The molecule has 1 nitrogen and oxygen atoms in total. The zero-order valence-corrected chi connectivity index (χ0v) is 11.3. The molecule has 2 rings (SSSR count). The molecule has 0 aliphatic rings. The van der Waals surface area contributed by atoms with E-state index in [-0.39, 0.29) is 5.82 Å². The molecule has 1 N–H and O–H groups in total. The van der Waals surface area contributed by atoms with Crippen LogP contribution in [0, 0.1) is 5.82 Å². The molecule has 0 bridgehead atoms. The van der Waals surface area contributed by atoms with Crippen molar-refractivity contribution in [1.82, 2.24) is 5.32 Å². The van der Waals surface area contributed by atoms with Crippen LogP contribution in [-0.2, 0) is 12.8 Å². The van der Waals surface area contributed by atoms with Crippen LogP contribution >= 0.6 is 11.3 Å². The Balaban J connectivity index is 1.89. The van der Waals surface area contributed by atoms with E-state index in [0.29, 0.717) is 6.04 Å². The summed E-state index contributed by atoms with van der Waals surface area (Å²) in [6, 6.07) is 9.43. The van der Waals surface area contributed by atoms with Crippen LogP contribution in [-0.4, -0.2) is 13.1 Å². The number of hydrogen-bond acceptors (Lipinski definition) is 2. The van der Waals surface area contributed by atoms with Gasteiger partial charge in [0.1, 0.15) is 5.82 Å². The molecule has 0 fully saturated rings. The van der Waals surface area contributed by atoms with Crippen LogP contribution in [0.4, 0.5) is 4.39 Å². The minimum Gasteiger partial charge on any atom is -0.317 e. The molecule has 1 aromatic carbocycles. The summed E-state index contributed by atoms with van der Waals surface area (Å²) in [7, 11) is 1.97. The lowest BCUT2D eigenvalue weighted by Crippen LogP contribution is -2.28. The summed E-state index contributed by atoms with van der Waals surface area (Å²) in [6.45, 7) is 0. The van der Waals surface area contributed by atoms with Gasteiger partial charge < -0.3 is 5.32 Å². The Morgan fingerprint density at radius 1 is 1.28 bits per heavy atom. The van der Waals surface area contributed by atoms with Crippen LogP contribution in [0.1, 0.15) is 17.5 Å². The van der Waals surface area contributed by atoms with Gasteiger partial charge in [-0.25, -0.2) is 4.39 Å². The summed E-state index contributed by atoms with van der Waals surface area (Å²) in [5.74, 6) is -0.153.